The first-order valence-corrected chi connectivity index (χ1v) is 12.3. The van der Waals surface area contributed by atoms with Crippen molar-refractivity contribution in [2.24, 2.45) is 0 Å². The Labute approximate surface area is 215 Å². The van der Waals surface area contributed by atoms with Gasteiger partial charge in [-0.25, -0.2) is 4.79 Å². The summed E-state index contributed by atoms with van der Waals surface area (Å²) >= 11 is 0. The van der Waals surface area contributed by atoms with Crippen molar-refractivity contribution >= 4 is 23.8 Å². The van der Waals surface area contributed by atoms with E-state index in [0.29, 0.717) is 5.56 Å². The van der Waals surface area contributed by atoms with E-state index in [9.17, 15) is 24.3 Å². The molecule has 0 fully saturated rings. The summed E-state index contributed by atoms with van der Waals surface area (Å²) in [7, 11) is 0. The van der Waals surface area contributed by atoms with Crippen molar-refractivity contribution in [3.05, 3.63) is 71.3 Å². The molecule has 2 aromatic carbocycles. The fraction of sp³-hybridized carbons (Fsp3) is 0.407. The molecule has 4 atom stereocenters. The number of aliphatic carboxylic acids is 1. The second-order valence-electron chi connectivity index (χ2n) is 8.77. The van der Waals surface area contributed by atoms with Gasteiger partial charge in [0, 0.05) is 6.54 Å². The van der Waals surface area contributed by atoms with Gasteiger partial charge in [0.25, 0.3) is 0 Å². The molecule has 4 N–H and O–H groups in total. The first-order valence-electron chi connectivity index (χ1n) is 12.3. The number of fused-ring (bicyclic) bond motifs is 1. The predicted octanol–water partition coefficient (Wildman–Crippen LogP) is 2.12. The van der Waals surface area contributed by atoms with Crippen molar-refractivity contribution in [3.8, 4) is 0 Å². The van der Waals surface area contributed by atoms with Gasteiger partial charge in [-0.1, -0.05) is 54.6 Å². The molecule has 3 rings (SSSR count). The molecule has 0 aliphatic carbocycles. The van der Waals surface area contributed by atoms with E-state index in [1.54, 1.807) is 32.0 Å². The lowest BCUT2D eigenvalue weighted by atomic mass is 9.86. The van der Waals surface area contributed by atoms with Gasteiger partial charge in [-0.15, -0.1) is 0 Å². The van der Waals surface area contributed by atoms with E-state index in [1.165, 1.54) is 0 Å². The molecule has 10 nitrogen and oxygen atoms in total. The first kappa shape index (κ1) is 27.8. The van der Waals surface area contributed by atoms with Crippen LogP contribution in [0.4, 0.5) is 4.79 Å². The van der Waals surface area contributed by atoms with Crippen LogP contribution in [0.3, 0.4) is 0 Å². The molecule has 0 bridgehead atoms. The normalized spacial score (nSPS) is 18.1. The van der Waals surface area contributed by atoms with Crippen molar-refractivity contribution in [1.82, 2.24) is 16.0 Å². The molecule has 0 radical (unpaired) electrons. The zero-order valence-electron chi connectivity index (χ0n) is 20.9. The molecule has 0 spiro atoms. The Bertz CT molecular complexity index is 1090. The number of hydrogen-bond donors (Lipinski definition) is 4. The van der Waals surface area contributed by atoms with Gasteiger partial charge in [0.1, 0.15) is 18.7 Å². The number of alkyl carbamates (subject to hydrolysis) is 1. The number of ether oxygens (including phenoxy) is 2. The van der Waals surface area contributed by atoms with Gasteiger partial charge in [0.2, 0.25) is 0 Å². The van der Waals surface area contributed by atoms with Gasteiger partial charge in [-0.2, -0.15) is 0 Å². The van der Waals surface area contributed by atoms with Gasteiger partial charge in [0.15, 0.2) is 5.78 Å². The number of carboxylic acids is 1. The van der Waals surface area contributed by atoms with E-state index in [-0.39, 0.29) is 38.4 Å². The lowest BCUT2D eigenvalue weighted by Crippen LogP contribution is -2.53. The highest BCUT2D eigenvalue weighted by atomic mass is 16.5. The number of rotatable bonds is 12. The molecule has 3 unspecified atom stereocenters. The minimum absolute atomic E-state index is 0.108. The van der Waals surface area contributed by atoms with Gasteiger partial charge in [-0.3, -0.25) is 25.0 Å². The van der Waals surface area contributed by atoms with E-state index in [0.717, 1.165) is 11.1 Å². The van der Waals surface area contributed by atoms with Crippen molar-refractivity contribution in [2.75, 3.05) is 13.2 Å². The van der Waals surface area contributed by atoms with Crippen molar-refractivity contribution in [1.29, 1.82) is 0 Å². The molecule has 1 amide bonds. The summed E-state index contributed by atoms with van der Waals surface area (Å²) in [4.78, 5) is 49.7. The van der Waals surface area contributed by atoms with E-state index in [1.807, 2.05) is 36.4 Å². The number of carboxylic acid groups (broad SMARTS) is 1. The number of nitrogens with one attached hydrogen (secondary N) is 3. The fourth-order valence-electron chi connectivity index (χ4n) is 4.20. The van der Waals surface area contributed by atoms with Crippen LogP contribution >= 0.6 is 0 Å². The highest BCUT2D eigenvalue weighted by Crippen LogP contribution is 2.27. The van der Waals surface area contributed by atoms with E-state index >= 15 is 0 Å². The van der Waals surface area contributed by atoms with Crippen LogP contribution in [0.15, 0.2) is 54.6 Å². The predicted molar refractivity (Wildman–Crippen MR) is 135 cm³/mol. The number of carbonyl (C=O) groups excluding carboxylic acids is 3. The average molecular weight is 512 g/mol. The molecule has 10 heteroatoms. The maximum Gasteiger partial charge on any atom is 0.407 e. The summed E-state index contributed by atoms with van der Waals surface area (Å²) in [6.07, 6.45) is -0.198. The summed E-state index contributed by atoms with van der Waals surface area (Å²) in [5.41, 5.74) is 2.35. The number of amides is 1. The molecule has 1 heterocycles. The lowest BCUT2D eigenvalue weighted by molar-refractivity contribution is -0.146. The van der Waals surface area contributed by atoms with Gasteiger partial charge in [-0.05, 0) is 43.4 Å². The zero-order valence-corrected chi connectivity index (χ0v) is 20.9. The second kappa shape index (κ2) is 13.5. The topological polar surface area (TPSA) is 143 Å². The molecule has 37 heavy (non-hydrogen) atoms. The Balaban J connectivity index is 1.60. The zero-order chi connectivity index (χ0) is 26.8. The Morgan fingerprint density at radius 2 is 1.76 bits per heavy atom. The van der Waals surface area contributed by atoms with Crippen LogP contribution in [-0.4, -0.2) is 60.2 Å². The lowest BCUT2D eigenvalue weighted by Gasteiger charge is -2.32. The maximum atomic E-state index is 13.4. The van der Waals surface area contributed by atoms with Crippen molar-refractivity contribution in [3.63, 3.8) is 0 Å². The quantitative estimate of drug-likeness (QED) is 0.315. The number of benzene rings is 2. The molecule has 0 aromatic heterocycles. The Morgan fingerprint density at radius 1 is 1.05 bits per heavy atom. The van der Waals surface area contributed by atoms with Crippen LogP contribution < -0.4 is 16.0 Å². The standard InChI is InChI=1S/C27H33N3O7/c1-3-36-26(34)21(13-14-28-27(35)37-16-18-9-5-4-6-10-18)29-17(2)24(31)23-20-12-8-7-11-19(20)15-22(30-23)25(32)33/h4-12,17,21-23,29-30H,3,13-16H2,1-2H3,(H,28,35)(H,32,33)/t17-,21?,22?,23?/m0/s1. The monoisotopic (exact) mass is 511 g/mol. The number of esters is 1. The van der Waals surface area contributed by atoms with Crippen LogP contribution in [0.2, 0.25) is 0 Å². The summed E-state index contributed by atoms with van der Waals surface area (Å²) in [5.74, 6) is -1.90. The van der Waals surface area contributed by atoms with E-state index in [2.05, 4.69) is 16.0 Å². The van der Waals surface area contributed by atoms with Crippen LogP contribution in [0.5, 0.6) is 0 Å². The Morgan fingerprint density at radius 3 is 2.46 bits per heavy atom. The smallest absolute Gasteiger partial charge is 0.407 e. The van der Waals surface area contributed by atoms with Gasteiger partial charge >= 0.3 is 18.0 Å². The second-order valence-corrected chi connectivity index (χ2v) is 8.77. The van der Waals surface area contributed by atoms with E-state index < -0.39 is 42.2 Å². The fourth-order valence-corrected chi connectivity index (χ4v) is 4.20. The summed E-state index contributed by atoms with van der Waals surface area (Å²) in [6, 6.07) is 13.0. The van der Waals surface area contributed by atoms with Gasteiger partial charge < -0.3 is 19.9 Å². The summed E-state index contributed by atoms with van der Waals surface area (Å²) in [5, 5.41) is 18.1. The minimum atomic E-state index is -1.04. The maximum absolute atomic E-state index is 13.4. The largest absolute Gasteiger partial charge is 0.480 e. The molecule has 0 saturated carbocycles. The molecular formula is C27H33N3O7. The first-order chi connectivity index (χ1) is 17.8. The summed E-state index contributed by atoms with van der Waals surface area (Å²) in [6.45, 7) is 3.67. The molecule has 2 aromatic rings. The summed E-state index contributed by atoms with van der Waals surface area (Å²) < 4.78 is 10.3. The van der Waals surface area contributed by atoms with Crippen LogP contribution in [0.1, 0.15) is 43.0 Å². The van der Waals surface area contributed by atoms with Gasteiger partial charge in [0.05, 0.1) is 18.7 Å². The molecule has 0 saturated heterocycles. The highest BCUT2D eigenvalue weighted by Gasteiger charge is 2.36. The van der Waals surface area contributed by atoms with Crippen LogP contribution in [0.25, 0.3) is 0 Å². The Hall–Kier alpha value is -3.76. The van der Waals surface area contributed by atoms with Crippen molar-refractivity contribution in [2.45, 2.75) is 57.5 Å². The van der Waals surface area contributed by atoms with Crippen LogP contribution in [-0.2, 0) is 36.9 Å². The van der Waals surface area contributed by atoms with Crippen molar-refractivity contribution < 1.29 is 33.8 Å². The molecule has 1 aliphatic heterocycles. The minimum Gasteiger partial charge on any atom is -0.480 e. The third kappa shape index (κ3) is 7.86. The average Bonchev–Trinajstić information content (AvgIpc) is 2.90. The Kier molecular flexibility index (Phi) is 10.2. The molecular weight excluding hydrogens is 478 g/mol. The number of ketones is 1. The highest BCUT2D eigenvalue weighted by molar-refractivity contribution is 5.92. The number of carbonyl (C=O) groups is 4. The third-order valence-corrected chi connectivity index (χ3v) is 6.10. The number of hydrogen-bond acceptors (Lipinski definition) is 8. The van der Waals surface area contributed by atoms with E-state index in [4.69, 9.17) is 9.47 Å². The molecule has 1 aliphatic rings. The number of Topliss-reactive ketones (excluding diaryl/α,β-unsaturated/α-hetero) is 1. The third-order valence-electron chi connectivity index (χ3n) is 6.10. The SMILES string of the molecule is CCOC(=O)C(CCNC(=O)OCc1ccccc1)N[C@@H](C)C(=O)C1NC(C(=O)O)Cc2ccccc21. The van der Waals surface area contributed by atoms with Crippen LogP contribution in [0, 0.1) is 0 Å². The molecule has 198 valence electrons.